The quantitative estimate of drug-likeness (QED) is 0.751. The lowest BCUT2D eigenvalue weighted by atomic mass is 10.2. The van der Waals surface area contributed by atoms with Crippen LogP contribution in [0.15, 0.2) is 12.1 Å². The van der Waals surface area contributed by atoms with Gasteiger partial charge in [0.25, 0.3) is 5.91 Å². The molecule has 2 N–H and O–H groups in total. The second-order valence-electron chi connectivity index (χ2n) is 3.76. The van der Waals surface area contributed by atoms with E-state index >= 15 is 0 Å². The van der Waals surface area contributed by atoms with Crippen LogP contribution in [0.25, 0.3) is 0 Å². The van der Waals surface area contributed by atoms with Gasteiger partial charge in [0, 0.05) is 18.7 Å². The smallest absolute Gasteiger partial charge is 0.251 e. The highest BCUT2D eigenvalue weighted by atomic mass is 35.5. The van der Waals surface area contributed by atoms with Crippen molar-refractivity contribution in [1.82, 2.24) is 5.32 Å². The Morgan fingerprint density at radius 1 is 1.47 bits per heavy atom. The van der Waals surface area contributed by atoms with Gasteiger partial charge in [-0.1, -0.05) is 11.6 Å². The monoisotopic (exact) mass is 287 g/mol. The average molecular weight is 288 g/mol. The number of carbonyl (C=O) groups excluding carboxylic acids is 1. The van der Waals surface area contributed by atoms with Gasteiger partial charge in [0.05, 0.1) is 18.7 Å². The third kappa shape index (κ3) is 4.29. The minimum absolute atomic E-state index is 0.0354. The van der Waals surface area contributed by atoms with Crippen molar-refractivity contribution in [1.29, 1.82) is 0 Å². The van der Waals surface area contributed by atoms with Crippen LogP contribution >= 0.6 is 11.6 Å². The molecule has 0 saturated heterocycles. The van der Waals surface area contributed by atoms with Gasteiger partial charge in [0.1, 0.15) is 0 Å². The fourth-order valence-electron chi connectivity index (χ4n) is 1.52. The second kappa shape index (κ2) is 7.86. The molecule has 1 amide bonds. The standard InChI is InChI=1S/C13H18ClNO4/c1-3-19-12-10(14)7-9(8-11(12)18-2)13(17)15-5-4-6-16/h7-8,16H,3-6H2,1-2H3,(H,15,17). The minimum Gasteiger partial charge on any atom is -0.493 e. The van der Waals surface area contributed by atoms with Gasteiger partial charge in [0.2, 0.25) is 0 Å². The molecule has 0 aliphatic carbocycles. The van der Waals surface area contributed by atoms with E-state index in [0.29, 0.717) is 41.7 Å². The first-order chi connectivity index (χ1) is 9.13. The van der Waals surface area contributed by atoms with Crippen molar-refractivity contribution >= 4 is 17.5 Å². The van der Waals surface area contributed by atoms with Crippen LogP contribution in [-0.2, 0) is 0 Å². The molecule has 0 fully saturated rings. The van der Waals surface area contributed by atoms with Gasteiger partial charge in [-0.25, -0.2) is 0 Å². The predicted molar refractivity (Wildman–Crippen MR) is 73.2 cm³/mol. The number of aliphatic hydroxyl groups excluding tert-OH is 1. The van der Waals surface area contributed by atoms with E-state index in [1.54, 1.807) is 6.07 Å². The van der Waals surface area contributed by atoms with Crippen molar-refractivity contribution in [3.8, 4) is 11.5 Å². The van der Waals surface area contributed by atoms with Crippen LogP contribution in [0.2, 0.25) is 5.02 Å². The first kappa shape index (κ1) is 15.6. The molecule has 0 atom stereocenters. The highest BCUT2D eigenvalue weighted by Crippen LogP contribution is 2.36. The van der Waals surface area contributed by atoms with E-state index in [0.717, 1.165) is 0 Å². The van der Waals surface area contributed by atoms with Crippen LogP contribution < -0.4 is 14.8 Å². The van der Waals surface area contributed by atoms with Crippen LogP contribution in [-0.4, -0.2) is 37.9 Å². The number of amides is 1. The van der Waals surface area contributed by atoms with Gasteiger partial charge in [0.15, 0.2) is 11.5 Å². The van der Waals surface area contributed by atoms with E-state index in [2.05, 4.69) is 5.32 Å². The van der Waals surface area contributed by atoms with E-state index in [1.807, 2.05) is 6.92 Å². The lowest BCUT2D eigenvalue weighted by Crippen LogP contribution is -2.25. The summed E-state index contributed by atoms with van der Waals surface area (Å²) in [5.41, 5.74) is 0.392. The molecule has 0 saturated carbocycles. The van der Waals surface area contributed by atoms with Crippen molar-refractivity contribution in [2.24, 2.45) is 0 Å². The number of hydrogen-bond acceptors (Lipinski definition) is 4. The molecule has 0 aliphatic heterocycles. The molecule has 0 heterocycles. The fraction of sp³-hybridized carbons (Fsp3) is 0.462. The van der Waals surface area contributed by atoms with Crippen LogP contribution in [0.5, 0.6) is 11.5 Å². The van der Waals surface area contributed by atoms with Crippen molar-refractivity contribution in [2.45, 2.75) is 13.3 Å². The number of ether oxygens (including phenoxy) is 2. The van der Waals surface area contributed by atoms with E-state index in [1.165, 1.54) is 13.2 Å². The molecule has 106 valence electrons. The Labute approximate surface area is 117 Å². The molecule has 1 aromatic carbocycles. The number of hydrogen-bond donors (Lipinski definition) is 2. The Hall–Kier alpha value is -1.46. The first-order valence-corrected chi connectivity index (χ1v) is 6.41. The van der Waals surface area contributed by atoms with Gasteiger partial charge in [-0.2, -0.15) is 0 Å². The van der Waals surface area contributed by atoms with Gasteiger partial charge in [-0.3, -0.25) is 4.79 Å². The third-order valence-electron chi connectivity index (χ3n) is 2.40. The second-order valence-corrected chi connectivity index (χ2v) is 4.16. The Morgan fingerprint density at radius 3 is 2.79 bits per heavy atom. The molecule has 5 nitrogen and oxygen atoms in total. The van der Waals surface area contributed by atoms with Crippen molar-refractivity contribution in [2.75, 3.05) is 26.9 Å². The maximum Gasteiger partial charge on any atom is 0.251 e. The maximum atomic E-state index is 11.9. The van der Waals surface area contributed by atoms with Gasteiger partial charge in [-0.15, -0.1) is 0 Å². The Kier molecular flexibility index (Phi) is 6.45. The van der Waals surface area contributed by atoms with Crippen LogP contribution in [0.3, 0.4) is 0 Å². The molecule has 0 unspecified atom stereocenters. The summed E-state index contributed by atoms with van der Waals surface area (Å²) in [7, 11) is 1.49. The summed E-state index contributed by atoms with van der Waals surface area (Å²) in [5.74, 6) is 0.580. The van der Waals surface area contributed by atoms with Gasteiger partial charge >= 0.3 is 0 Å². The summed E-state index contributed by atoms with van der Waals surface area (Å²) < 4.78 is 10.5. The zero-order valence-electron chi connectivity index (χ0n) is 11.0. The number of methoxy groups -OCH3 is 1. The predicted octanol–water partition coefficient (Wildman–Crippen LogP) is 1.86. The molecule has 19 heavy (non-hydrogen) atoms. The SMILES string of the molecule is CCOc1c(Cl)cc(C(=O)NCCCO)cc1OC. The minimum atomic E-state index is -0.267. The molecule has 0 spiro atoms. The number of aliphatic hydroxyl groups is 1. The van der Waals surface area contributed by atoms with E-state index in [4.69, 9.17) is 26.2 Å². The topological polar surface area (TPSA) is 67.8 Å². The normalized spacial score (nSPS) is 10.1. The van der Waals surface area contributed by atoms with Crippen molar-refractivity contribution < 1.29 is 19.4 Å². The largest absolute Gasteiger partial charge is 0.493 e. The average Bonchev–Trinajstić information content (AvgIpc) is 2.41. The number of rotatable bonds is 7. The zero-order chi connectivity index (χ0) is 14.3. The fourth-order valence-corrected chi connectivity index (χ4v) is 1.78. The molecule has 0 bridgehead atoms. The third-order valence-corrected chi connectivity index (χ3v) is 2.68. The number of halogens is 1. The summed E-state index contributed by atoms with van der Waals surface area (Å²) in [6.45, 7) is 2.74. The molecular weight excluding hydrogens is 270 g/mol. The summed E-state index contributed by atoms with van der Waals surface area (Å²) >= 11 is 6.07. The number of nitrogens with one attached hydrogen (secondary N) is 1. The molecule has 1 aromatic rings. The lowest BCUT2D eigenvalue weighted by molar-refractivity contribution is 0.0950. The summed E-state index contributed by atoms with van der Waals surface area (Å²) in [4.78, 5) is 11.9. The Bertz CT molecular complexity index is 437. The van der Waals surface area contributed by atoms with E-state index < -0.39 is 0 Å². The van der Waals surface area contributed by atoms with Crippen LogP contribution in [0.1, 0.15) is 23.7 Å². The molecule has 1 rings (SSSR count). The Balaban J connectivity index is 2.91. The molecular formula is C13H18ClNO4. The van der Waals surface area contributed by atoms with Crippen LogP contribution in [0.4, 0.5) is 0 Å². The summed E-state index contributed by atoms with van der Waals surface area (Å²) in [6, 6.07) is 3.11. The molecule has 6 heteroatoms. The van der Waals surface area contributed by atoms with Crippen molar-refractivity contribution in [3.05, 3.63) is 22.7 Å². The highest BCUT2D eigenvalue weighted by molar-refractivity contribution is 6.32. The Morgan fingerprint density at radius 2 is 2.21 bits per heavy atom. The van der Waals surface area contributed by atoms with E-state index in [9.17, 15) is 4.79 Å². The van der Waals surface area contributed by atoms with Crippen molar-refractivity contribution in [3.63, 3.8) is 0 Å². The zero-order valence-corrected chi connectivity index (χ0v) is 11.8. The van der Waals surface area contributed by atoms with Crippen LogP contribution in [0, 0.1) is 0 Å². The molecule has 0 aliphatic rings. The van der Waals surface area contributed by atoms with Gasteiger partial charge in [-0.05, 0) is 25.5 Å². The van der Waals surface area contributed by atoms with E-state index in [-0.39, 0.29) is 12.5 Å². The first-order valence-electron chi connectivity index (χ1n) is 6.03. The summed E-state index contributed by atoms with van der Waals surface area (Å²) in [5, 5.41) is 11.7. The number of benzene rings is 1. The maximum absolute atomic E-state index is 11.9. The van der Waals surface area contributed by atoms with Gasteiger partial charge < -0.3 is 19.9 Å². The highest BCUT2D eigenvalue weighted by Gasteiger charge is 2.15. The lowest BCUT2D eigenvalue weighted by Gasteiger charge is -2.13. The summed E-state index contributed by atoms with van der Waals surface area (Å²) in [6.07, 6.45) is 0.508. The molecule has 0 radical (unpaired) electrons. The molecule has 0 aromatic heterocycles. The number of carbonyl (C=O) groups is 1.